The third kappa shape index (κ3) is 5.11. The molecule has 0 radical (unpaired) electrons. The Labute approximate surface area is 221 Å². The summed E-state index contributed by atoms with van der Waals surface area (Å²) in [5.74, 6) is 0.955. The lowest BCUT2D eigenvalue weighted by atomic mass is 9.98. The predicted octanol–water partition coefficient (Wildman–Crippen LogP) is 7.67. The molecule has 184 valence electrons. The second-order valence-electron chi connectivity index (χ2n) is 8.51. The monoisotopic (exact) mass is 496 g/mol. The second-order valence-corrected chi connectivity index (χ2v) is 8.51. The third-order valence-corrected chi connectivity index (χ3v) is 6.10. The van der Waals surface area contributed by atoms with Crippen molar-refractivity contribution < 1.29 is 13.9 Å². The van der Waals surface area contributed by atoms with Crippen molar-refractivity contribution in [2.24, 2.45) is 0 Å². The molecule has 1 aromatic heterocycles. The maximum atomic E-state index is 13.7. The number of nitrogens with zero attached hydrogens (tertiary/aromatic N) is 1. The van der Waals surface area contributed by atoms with E-state index in [9.17, 15) is 10.1 Å². The molecule has 0 saturated heterocycles. The highest BCUT2D eigenvalue weighted by molar-refractivity contribution is 6.29. The number of benzene rings is 4. The van der Waals surface area contributed by atoms with Crippen molar-refractivity contribution in [1.29, 1.82) is 5.26 Å². The molecule has 0 fully saturated rings. The first kappa shape index (κ1) is 24.4. The Balaban J connectivity index is 1.60. The standard InChI is InChI=1S/C33H24N2O3/c1-37-27-19-17-23(18-20-27)21-28(24-11-5-2-6-12-24)32(36)35-33-29(22-34)30(25-13-7-3-8-14-25)31(38-33)26-15-9-4-10-16-26/h2-21H,1H3,(H,35,36)/b28-21+. The van der Waals surface area contributed by atoms with Gasteiger partial charge in [-0.25, -0.2) is 0 Å². The molecule has 1 amide bonds. The van der Waals surface area contributed by atoms with E-state index in [0.29, 0.717) is 16.9 Å². The molecule has 0 bridgehead atoms. The molecule has 5 nitrogen and oxygen atoms in total. The van der Waals surface area contributed by atoms with Gasteiger partial charge in [0.25, 0.3) is 5.91 Å². The van der Waals surface area contributed by atoms with Crippen LogP contribution >= 0.6 is 0 Å². The molecule has 5 rings (SSSR count). The zero-order valence-corrected chi connectivity index (χ0v) is 20.7. The van der Waals surface area contributed by atoms with Crippen LogP contribution in [0.3, 0.4) is 0 Å². The average molecular weight is 497 g/mol. The lowest BCUT2D eigenvalue weighted by molar-refractivity contribution is -0.111. The molecule has 0 unspecified atom stereocenters. The van der Waals surface area contributed by atoms with E-state index in [-0.39, 0.29) is 11.4 Å². The second kappa shape index (κ2) is 11.2. The van der Waals surface area contributed by atoms with Gasteiger partial charge in [-0.3, -0.25) is 10.1 Å². The highest BCUT2D eigenvalue weighted by Crippen LogP contribution is 2.41. The Hall–Kier alpha value is -5.34. The molecule has 0 atom stereocenters. The van der Waals surface area contributed by atoms with E-state index in [0.717, 1.165) is 28.0 Å². The topological polar surface area (TPSA) is 75.3 Å². The Morgan fingerprint density at radius 1 is 0.816 bits per heavy atom. The van der Waals surface area contributed by atoms with Gasteiger partial charge in [0, 0.05) is 16.7 Å². The first-order valence-corrected chi connectivity index (χ1v) is 12.1. The number of nitrogens with one attached hydrogen (secondary N) is 1. The highest BCUT2D eigenvalue weighted by Gasteiger charge is 2.25. The van der Waals surface area contributed by atoms with E-state index in [1.807, 2.05) is 115 Å². The van der Waals surface area contributed by atoms with Gasteiger partial charge in [-0.2, -0.15) is 5.26 Å². The van der Waals surface area contributed by atoms with Crippen LogP contribution in [0.2, 0.25) is 0 Å². The van der Waals surface area contributed by atoms with E-state index in [1.165, 1.54) is 0 Å². The maximum Gasteiger partial charge on any atom is 0.258 e. The van der Waals surface area contributed by atoms with Crippen LogP contribution in [0.4, 0.5) is 5.88 Å². The first-order valence-electron chi connectivity index (χ1n) is 12.1. The fraction of sp³-hybridized carbons (Fsp3) is 0.0303. The molecular formula is C33H24N2O3. The number of hydrogen-bond donors (Lipinski definition) is 1. The van der Waals surface area contributed by atoms with Crippen LogP contribution in [-0.4, -0.2) is 13.0 Å². The number of hydrogen-bond acceptors (Lipinski definition) is 4. The molecule has 38 heavy (non-hydrogen) atoms. The molecule has 0 spiro atoms. The van der Waals surface area contributed by atoms with Gasteiger partial charge < -0.3 is 9.15 Å². The van der Waals surface area contributed by atoms with Crippen LogP contribution in [0.15, 0.2) is 120 Å². The number of nitriles is 1. The molecule has 0 aliphatic rings. The molecule has 0 saturated carbocycles. The summed E-state index contributed by atoms with van der Waals surface area (Å²) < 4.78 is 11.5. The first-order chi connectivity index (χ1) is 18.7. The van der Waals surface area contributed by atoms with E-state index in [2.05, 4.69) is 11.4 Å². The van der Waals surface area contributed by atoms with Gasteiger partial charge in [0.05, 0.1) is 7.11 Å². The van der Waals surface area contributed by atoms with Gasteiger partial charge >= 0.3 is 0 Å². The van der Waals surface area contributed by atoms with Gasteiger partial charge in [0.15, 0.2) is 0 Å². The van der Waals surface area contributed by atoms with E-state index in [4.69, 9.17) is 9.15 Å². The van der Waals surface area contributed by atoms with Crippen molar-refractivity contribution in [3.8, 4) is 34.3 Å². The smallest absolute Gasteiger partial charge is 0.258 e. The number of anilines is 1. The summed E-state index contributed by atoms with van der Waals surface area (Å²) >= 11 is 0. The Morgan fingerprint density at radius 2 is 1.39 bits per heavy atom. The molecule has 1 N–H and O–H groups in total. The van der Waals surface area contributed by atoms with Crippen molar-refractivity contribution in [3.63, 3.8) is 0 Å². The SMILES string of the molecule is COc1ccc(/C=C(/C(=O)Nc2oc(-c3ccccc3)c(-c3ccccc3)c2C#N)c2ccccc2)cc1. The van der Waals surface area contributed by atoms with Crippen LogP contribution in [0.1, 0.15) is 16.7 Å². The lowest BCUT2D eigenvalue weighted by Gasteiger charge is -2.09. The van der Waals surface area contributed by atoms with Crippen LogP contribution in [0.5, 0.6) is 5.75 Å². The van der Waals surface area contributed by atoms with E-state index >= 15 is 0 Å². The third-order valence-electron chi connectivity index (χ3n) is 6.10. The summed E-state index contributed by atoms with van der Waals surface area (Å²) in [6.07, 6.45) is 1.80. The molecule has 0 aliphatic carbocycles. The minimum Gasteiger partial charge on any atom is -0.497 e. The Bertz CT molecular complexity index is 1610. The van der Waals surface area contributed by atoms with Crippen LogP contribution in [0.25, 0.3) is 34.1 Å². The summed E-state index contributed by atoms with van der Waals surface area (Å²) in [6, 6.07) is 38.2. The summed E-state index contributed by atoms with van der Waals surface area (Å²) in [7, 11) is 1.61. The average Bonchev–Trinajstić information content (AvgIpc) is 3.35. The van der Waals surface area contributed by atoms with E-state index in [1.54, 1.807) is 13.2 Å². The molecule has 0 aliphatic heterocycles. The summed E-state index contributed by atoms with van der Waals surface area (Å²) in [4.78, 5) is 13.7. The lowest BCUT2D eigenvalue weighted by Crippen LogP contribution is -2.14. The van der Waals surface area contributed by atoms with Crippen molar-refractivity contribution in [1.82, 2.24) is 0 Å². The van der Waals surface area contributed by atoms with Crippen molar-refractivity contribution in [2.75, 3.05) is 12.4 Å². The van der Waals surface area contributed by atoms with Crippen molar-refractivity contribution >= 4 is 23.4 Å². The summed E-state index contributed by atoms with van der Waals surface area (Å²) in [6.45, 7) is 0. The van der Waals surface area contributed by atoms with Crippen LogP contribution in [-0.2, 0) is 4.79 Å². The molecule has 5 heteroatoms. The van der Waals surface area contributed by atoms with Gasteiger partial charge in [-0.1, -0.05) is 103 Å². The minimum absolute atomic E-state index is 0.103. The number of carbonyl (C=O) groups is 1. The number of methoxy groups -OCH3 is 1. The van der Waals surface area contributed by atoms with Gasteiger partial charge in [0.1, 0.15) is 23.1 Å². The highest BCUT2D eigenvalue weighted by atomic mass is 16.5. The molecule has 4 aromatic carbocycles. The Kier molecular flexibility index (Phi) is 7.15. The fourth-order valence-corrected chi connectivity index (χ4v) is 4.23. The number of rotatable bonds is 7. The normalized spacial score (nSPS) is 11.0. The van der Waals surface area contributed by atoms with Gasteiger partial charge in [-0.05, 0) is 34.9 Å². The number of amides is 1. The fourth-order valence-electron chi connectivity index (χ4n) is 4.23. The summed E-state index contributed by atoms with van der Waals surface area (Å²) in [5.41, 5.74) is 4.52. The number of ether oxygens (including phenoxy) is 1. The predicted molar refractivity (Wildman–Crippen MR) is 150 cm³/mol. The number of furan rings is 1. The zero-order chi connectivity index (χ0) is 26.3. The number of carbonyl (C=O) groups excluding carboxylic acids is 1. The minimum atomic E-state index is -0.392. The van der Waals surface area contributed by atoms with Crippen molar-refractivity contribution in [2.45, 2.75) is 0 Å². The van der Waals surface area contributed by atoms with Crippen LogP contribution < -0.4 is 10.1 Å². The van der Waals surface area contributed by atoms with Gasteiger partial charge in [-0.15, -0.1) is 0 Å². The molecular weight excluding hydrogens is 472 g/mol. The Morgan fingerprint density at radius 3 is 1.97 bits per heavy atom. The quantitative estimate of drug-likeness (QED) is 0.185. The maximum absolute atomic E-state index is 13.7. The molecule has 1 heterocycles. The largest absolute Gasteiger partial charge is 0.497 e. The van der Waals surface area contributed by atoms with Crippen LogP contribution in [0, 0.1) is 11.3 Å². The zero-order valence-electron chi connectivity index (χ0n) is 20.7. The van der Waals surface area contributed by atoms with E-state index < -0.39 is 5.91 Å². The van der Waals surface area contributed by atoms with Crippen molar-refractivity contribution in [3.05, 3.63) is 132 Å². The summed E-state index contributed by atoms with van der Waals surface area (Å²) in [5, 5.41) is 13.1. The molecule has 5 aromatic rings. The van der Waals surface area contributed by atoms with Gasteiger partial charge in [0.2, 0.25) is 5.88 Å².